The summed E-state index contributed by atoms with van der Waals surface area (Å²) < 4.78 is 5.95. The molecular weight excluding hydrogens is 416 g/mol. The van der Waals surface area contributed by atoms with E-state index in [1.165, 1.54) is 17.7 Å². The topological polar surface area (TPSA) is 70.1 Å². The van der Waals surface area contributed by atoms with Crippen molar-refractivity contribution in [1.82, 2.24) is 9.80 Å². The van der Waals surface area contributed by atoms with Gasteiger partial charge in [-0.25, -0.2) is 0 Å². The Balaban J connectivity index is 1.42. The molecule has 2 aromatic rings. The molecule has 178 valence electrons. The number of aryl methyl sites for hydroxylation is 2. The second-order valence-corrected chi connectivity index (χ2v) is 9.64. The minimum Gasteiger partial charge on any atom is -0.508 e. The lowest BCUT2D eigenvalue weighted by atomic mass is 9.86. The van der Waals surface area contributed by atoms with Crippen LogP contribution >= 0.6 is 0 Å². The SMILES string of the molecule is Cc1ccc(C)c(OCCCC(C)(C)C(=O)N2CCN(CC(=O)c3ccc(O)cc3)CC2)c1. The van der Waals surface area contributed by atoms with Gasteiger partial charge in [-0.3, -0.25) is 14.5 Å². The molecule has 6 heteroatoms. The maximum atomic E-state index is 13.1. The number of carbonyl (C=O) groups is 2. The lowest BCUT2D eigenvalue weighted by Crippen LogP contribution is -2.53. The summed E-state index contributed by atoms with van der Waals surface area (Å²) in [7, 11) is 0. The Labute approximate surface area is 197 Å². The first kappa shape index (κ1) is 24.8. The summed E-state index contributed by atoms with van der Waals surface area (Å²) in [5.41, 5.74) is 2.44. The number of hydrogen-bond acceptors (Lipinski definition) is 5. The number of aromatic hydroxyl groups is 1. The highest BCUT2D eigenvalue weighted by molar-refractivity contribution is 5.97. The Kier molecular flexibility index (Phi) is 8.14. The summed E-state index contributed by atoms with van der Waals surface area (Å²) >= 11 is 0. The molecule has 1 N–H and O–H groups in total. The van der Waals surface area contributed by atoms with Crippen molar-refractivity contribution in [1.29, 1.82) is 0 Å². The van der Waals surface area contributed by atoms with E-state index in [-0.39, 0.29) is 17.4 Å². The van der Waals surface area contributed by atoms with Gasteiger partial charge in [0.1, 0.15) is 11.5 Å². The Morgan fingerprint density at radius 2 is 1.67 bits per heavy atom. The van der Waals surface area contributed by atoms with Crippen molar-refractivity contribution in [2.24, 2.45) is 5.41 Å². The largest absolute Gasteiger partial charge is 0.508 e. The van der Waals surface area contributed by atoms with Crippen LogP contribution in [-0.4, -0.2) is 65.9 Å². The third-order valence-electron chi connectivity index (χ3n) is 6.34. The van der Waals surface area contributed by atoms with E-state index in [1.54, 1.807) is 12.1 Å². The molecule has 1 amide bonds. The summed E-state index contributed by atoms with van der Waals surface area (Å²) in [5.74, 6) is 1.26. The van der Waals surface area contributed by atoms with Crippen LogP contribution in [0.2, 0.25) is 0 Å². The predicted molar refractivity (Wildman–Crippen MR) is 130 cm³/mol. The second kappa shape index (κ2) is 10.8. The summed E-state index contributed by atoms with van der Waals surface area (Å²) in [5, 5.41) is 9.38. The Morgan fingerprint density at radius 3 is 2.33 bits per heavy atom. The van der Waals surface area contributed by atoms with Gasteiger partial charge in [-0.1, -0.05) is 26.0 Å². The normalized spacial score (nSPS) is 14.8. The number of benzene rings is 2. The maximum absolute atomic E-state index is 13.1. The molecule has 1 heterocycles. The lowest BCUT2D eigenvalue weighted by Gasteiger charge is -2.38. The van der Waals surface area contributed by atoms with E-state index in [0.29, 0.717) is 44.9 Å². The number of phenolic OH excluding ortho intramolecular Hbond substituents is 1. The quantitative estimate of drug-likeness (QED) is 0.456. The number of amides is 1. The highest BCUT2D eigenvalue weighted by Crippen LogP contribution is 2.27. The Morgan fingerprint density at radius 1 is 1.00 bits per heavy atom. The Bertz CT molecular complexity index is 961. The highest BCUT2D eigenvalue weighted by atomic mass is 16.5. The molecule has 0 aromatic heterocycles. The number of nitrogens with zero attached hydrogens (tertiary/aromatic N) is 2. The van der Waals surface area contributed by atoms with Gasteiger partial charge in [-0.2, -0.15) is 0 Å². The van der Waals surface area contributed by atoms with Crippen LogP contribution in [0, 0.1) is 19.3 Å². The summed E-state index contributed by atoms with van der Waals surface area (Å²) in [6.45, 7) is 11.6. The van der Waals surface area contributed by atoms with Crippen molar-refractivity contribution in [3.8, 4) is 11.5 Å². The fourth-order valence-corrected chi connectivity index (χ4v) is 4.14. The van der Waals surface area contributed by atoms with Crippen LogP contribution in [0.3, 0.4) is 0 Å². The molecule has 0 bridgehead atoms. The highest BCUT2D eigenvalue weighted by Gasteiger charge is 2.33. The molecule has 0 radical (unpaired) electrons. The molecule has 1 fully saturated rings. The average molecular weight is 453 g/mol. The van der Waals surface area contributed by atoms with E-state index in [9.17, 15) is 14.7 Å². The standard InChI is InChI=1S/C27H36N2O4/c1-20-6-7-21(2)25(18-20)33-17-5-12-27(3,4)26(32)29-15-13-28(14-16-29)19-24(31)22-8-10-23(30)11-9-22/h6-11,18,30H,5,12-17,19H2,1-4H3. The minimum absolute atomic E-state index is 0.0268. The molecular formula is C27H36N2O4. The summed E-state index contributed by atoms with van der Waals surface area (Å²) in [6.07, 6.45) is 1.57. The maximum Gasteiger partial charge on any atom is 0.228 e. The van der Waals surface area contributed by atoms with Gasteiger partial charge in [-0.15, -0.1) is 0 Å². The van der Waals surface area contributed by atoms with Crippen LogP contribution in [0.25, 0.3) is 0 Å². The lowest BCUT2D eigenvalue weighted by molar-refractivity contribution is -0.142. The molecule has 0 spiro atoms. The Hall–Kier alpha value is -2.86. The number of ketones is 1. The van der Waals surface area contributed by atoms with Gasteiger partial charge in [0.25, 0.3) is 0 Å². The number of rotatable bonds is 9. The first-order valence-corrected chi connectivity index (χ1v) is 11.7. The van der Waals surface area contributed by atoms with Gasteiger partial charge in [0, 0.05) is 37.2 Å². The molecule has 6 nitrogen and oxygen atoms in total. The second-order valence-electron chi connectivity index (χ2n) is 9.64. The fourth-order valence-electron chi connectivity index (χ4n) is 4.14. The van der Waals surface area contributed by atoms with Crippen molar-refractivity contribution in [2.45, 2.75) is 40.5 Å². The number of ether oxygens (including phenoxy) is 1. The van der Waals surface area contributed by atoms with Gasteiger partial charge in [-0.05, 0) is 68.1 Å². The van der Waals surface area contributed by atoms with Crippen molar-refractivity contribution in [2.75, 3.05) is 39.3 Å². The third-order valence-corrected chi connectivity index (χ3v) is 6.34. The molecule has 2 aromatic carbocycles. The van der Waals surface area contributed by atoms with E-state index in [2.05, 4.69) is 30.0 Å². The monoisotopic (exact) mass is 452 g/mol. The van der Waals surface area contributed by atoms with Crippen molar-refractivity contribution in [3.05, 3.63) is 59.2 Å². The zero-order valence-electron chi connectivity index (χ0n) is 20.3. The number of hydrogen-bond donors (Lipinski definition) is 1. The molecule has 1 saturated heterocycles. The zero-order valence-corrected chi connectivity index (χ0v) is 20.3. The molecule has 0 atom stereocenters. The third kappa shape index (κ3) is 6.81. The van der Waals surface area contributed by atoms with E-state index < -0.39 is 5.41 Å². The summed E-state index contributed by atoms with van der Waals surface area (Å²) in [4.78, 5) is 29.6. The number of Topliss-reactive ketones (excluding diaryl/α,β-unsaturated/α-hetero) is 1. The molecule has 0 unspecified atom stereocenters. The van der Waals surface area contributed by atoms with Crippen LogP contribution < -0.4 is 4.74 Å². The van der Waals surface area contributed by atoms with E-state index in [0.717, 1.165) is 24.2 Å². The van der Waals surface area contributed by atoms with Crippen molar-refractivity contribution < 1.29 is 19.4 Å². The smallest absolute Gasteiger partial charge is 0.228 e. The summed E-state index contributed by atoms with van der Waals surface area (Å²) in [6, 6.07) is 12.5. The van der Waals surface area contributed by atoms with Crippen LogP contribution in [0.15, 0.2) is 42.5 Å². The van der Waals surface area contributed by atoms with Gasteiger partial charge >= 0.3 is 0 Å². The fraction of sp³-hybridized carbons (Fsp3) is 0.481. The molecule has 1 aliphatic rings. The van der Waals surface area contributed by atoms with Crippen LogP contribution in [-0.2, 0) is 4.79 Å². The number of phenols is 1. The van der Waals surface area contributed by atoms with Crippen molar-refractivity contribution in [3.63, 3.8) is 0 Å². The van der Waals surface area contributed by atoms with Crippen LogP contribution in [0.5, 0.6) is 11.5 Å². The molecule has 0 aliphatic carbocycles. The molecule has 33 heavy (non-hydrogen) atoms. The average Bonchev–Trinajstić information content (AvgIpc) is 2.79. The number of piperazine rings is 1. The van der Waals surface area contributed by atoms with Crippen LogP contribution in [0.1, 0.15) is 48.2 Å². The first-order valence-electron chi connectivity index (χ1n) is 11.7. The number of carbonyl (C=O) groups excluding carboxylic acids is 2. The van der Waals surface area contributed by atoms with E-state index in [1.807, 2.05) is 25.7 Å². The van der Waals surface area contributed by atoms with Gasteiger partial charge < -0.3 is 14.7 Å². The van der Waals surface area contributed by atoms with Gasteiger partial charge in [0.2, 0.25) is 5.91 Å². The van der Waals surface area contributed by atoms with Gasteiger partial charge in [0.05, 0.1) is 13.2 Å². The zero-order chi connectivity index (χ0) is 24.0. The molecule has 3 rings (SSSR count). The molecule has 0 saturated carbocycles. The van der Waals surface area contributed by atoms with Gasteiger partial charge in [0.15, 0.2) is 5.78 Å². The van der Waals surface area contributed by atoms with E-state index >= 15 is 0 Å². The molecule has 1 aliphatic heterocycles. The van der Waals surface area contributed by atoms with Crippen LogP contribution in [0.4, 0.5) is 0 Å². The van der Waals surface area contributed by atoms with Crippen molar-refractivity contribution >= 4 is 11.7 Å². The minimum atomic E-state index is -0.449. The predicted octanol–water partition coefficient (Wildman–Crippen LogP) is 4.22. The first-order chi connectivity index (χ1) is 15.7. The van der Waals surface area contributed by atoms with E-state index in [4.69, 9.17) is 4.74 Å².